The monoisotopic (exact) mass is 451 g/mol. The van der Waals surface area contributed by atoms with Crippen molar-refractivity contribution in [2.75, 3.05) is 31.1 Å². The normalized spacial score (nSPS) is 17.5. The van der Waals surface area contributed by atoms with Crippen LogP contribution in [0.25, 0.3) is 0 Å². The third kappa shape index (κ3) is 4.99. The van der Waals surface area contributed by atoms with Crippen molar-refractivity contribution in [1.82, 2.24) is 14.9 Å². The molecule has 33 heavy (non-hydrogen) atoms. The number of benzene rings is 1. The largest absolute Gasteiger partial charge is 0.353 e. The van der Waals surface area contributed by atoms with Crippen molar-refractivity contribution in [2.24, 2.45) is 5.92 Å². The number of carbonyl (C=O) groups excluding carboxylic acids is 1. The van der Waals surface area contributed by atoms with Crippen LogP contribution in [0.2, 0.25) is 0 Å². The number of hydrogen-bond acceptors (Lipinski definition) is 6. The van der Waals surface area contributed by atoms with Gasteiger partial charge in [-0.2, -0.15) is 0 Å². The minimum Gasteiger partial charge on any atom is -0.353 e. The molecule has 176 valence electrons. The first kappa shape index (κ1) is 23.1. The molecule has 0 bridgehead atoms. The number of nitro benzene ring substituents is 1. The van der Waals surface area contributed by atoms with Crippen molar-refractivity contribution in [3.8, 4) is 0 Å². The molecule has 4 rings (SSSR count). The number of aryl methyl sites for hydroxylation is 1. The summed E-state index contributed by atoms with van der Waals surface area (Å²) >= 11 is 0. The van der Waals surface area contributed by atoms with E-state index in [0.717, 1.165) is 60.8 Å². The molecule has 2 aliphatic rings. The Hall–Kier alpha value is -3.03. The lowest BCUT2D eigenvalue weighted by Gasteiger charge is -2.39. The van der Waals surface area contributed by atoms with Crippen molar-refractivity contribution in [3.05, 3.63) is 57.0 Å². The average molecular weight is 452 g/mol. The van der Waals surface area contributed by atoms with Crippen LogP contribution in [-0.4, -0.2) is 51.9 Å². The number of nitrogens with zero attached hydrogens (tertiary/aromatic N) is 5. The van der Waals surface area contributed by atoms with E-state index in [1.165, 1.54) is 6.42 Å². The molecule has 1 aromatic carbocycles. The van der Waals surface area contributed by atoms with Crippen LogP contribution in [0.3, 0.4) is 0 Å². The molecule has 8 heteroatoms. The van der Waals surface area contributed by atoms with Gasteiger partial charge in [0, 0.05) is 67.8 Å². The Morgan fingerprint density at radius 1 is 1.15 bits per heavy atom. The number of hydrogen-bond donors (Lipinski definition) is 0. The Kier molecular flexibility index (Phi) is 6.91. The van der Waals surface area contributed by atoms with Gasteiger partial charge in [-0.3, -0.25) is 14.9 Å². The van der Waals surface area contributed by atoms with E-state index in [4.69, 9.17) is 9.97 Å². The number of carbonyl (C=O) groups is 1. The number of amides is 1. The molecule has 1 saturated heterocycles. The second kappa shape index (κ2) is 9.85. The van der Waals surface area contributed by atoms with E-state index >= 15 is 0 Å². The van der Waals surface area contributed by atoms with E-state index in [1.807, 2.05) is 11.8 Å². The van der Waals surface area contributed by atoms with Gasteiger partial charge in [-0.1, -0.05) is 32.4 Å². The molecule has 1 aromatic heterocycles. The van der Waals surface area contributed by atoms with Crippen LogP contribution in [0.5, 0.6) is 0 Å². The fourth-order valence-electron chi connectivity index (χ4n) is 4.47. The predicted octanol–water partition coefficient (Wildman–Crippen LogP) is 4.25. The van der Waals surface area contributed by atoms with Crippen LogP contribution < -0.4 is 4.90 Å². The minimum atomic E-state index is -0.380. The van der Waals surface area contributed by atoms with Gasteiger partial charge in [0.1, 0.15) is 11.6 Å². The van der Waals surface area contributed by atoms with Crippen molar-refractivity contribution >= 4 is 17.4 Å². The molecule has 1 saturated carbocycles. The van der Waals surface area contributed by atoms with Gasteiger partial charge in [-0.25, -0.2) is 9.97 Å². The zero-order chi connectivity index (χ0) is 23.5. The number of nitro groups is 1. The lowest BCUT2D eigenvalue weighted by Crippen LogP contribution is -2.51. The Labute approximate surface area is 195 Å². The molecule has 1 amide bonds. The van der Waals surface area contributed by atoms with Crippen LogP contribution in [0, 0.1) is 23.0 Å². The summed E-state index contributed by atoms with van der Waals surface area (Å²) in [5, 5.41) is 11.0. The number of rotatable bonds is 7. The highest BCUT2D eigenvalue weighted by Crippen LogP contribution is 2.31. The van der Waals surface area contributed by atoms with Crippen molar-refractivity contribution in [3.63, 3.8) is 0 Å². The summed E-state index contributed by atoms with van der Waals surface area (Å²) in [7, 11) is 0. The number of piperazine rings is 1. The van der Waals surface area contributed by atoms with E-state index in [9.17, 15) is 14.9 Å². The maximum Gasteiger partial charge on any atom is 0.269 e. The zero-order valence-electron chi connectivity index (χ0n) is 19.8. The Morgan fingerprint density at radius 3 is 2.36 bits per heavy atom. The van der Waals surface area contributed by atoms with Crippen LogP contribution in [0.15, 0.2) is 24.3 Å². The summed E-state index contributed by atoms with van der Waals surface area (Å²) in [5.74, 6) is 2.59. The molecule has 2 aromatic rings. The fourth-order valence-corrected chi connectivity index (χ4v) is 4.47. The first-order chi connectivity index (χ1) is 15.9. The van der Waals surface area contributed by atoms with Crippen LogP contribution in [0.1, 0.15) is 68.1 Å². The van der Waals surface area contributed by atoms with Crippen LogP contribution in [-0.2, 0) is 11.2 Å². The van der Waals surface area contributed by atoms with Gasteiger partial charge in [-0.15, -0.1) is 0 Å². The molecule has 1 atom stereocenters. The van der Waals surface area contributed by atoms with Crippen LogP contribution in [0.4, 0.5) is 11.5 Å². The van der Waals surface area contributed by atoms with Crippen molar-refractivity contribution in [1.29, 1.82) is 0 Å². The second-order valence-electron chi connectivity index (χ2n) is 9.32. The molecule has 1 unspecified atom stereocenters. The highest BCUT2D eigenvalue weighted by atomic mass is 16.6. The van der Waals surface area contributed by atoms with Gasteiger partial charge in [-0.05, 0) is 31.7 Å². The van der Waals surface area contributed by atoms with Gasteiger partial charge in [0.05, 0.1) is 4.92 Å². The zero-order valence-corrected chi connectivity index (χ0v) is 19.8. The molecule has 1 aliphatic carbocycles. The third-order valence-corrected chi connectivity index (χ3v) is 7.14. The third-order valence-electron chi connectivity index (χ3n) is 7.14. The molecule has 2 heterocycles. The van der Waals surface area contributed by atoms with Gasteiger partial charge in [0.25, 0.3) is 5.69 Å². The molecule has 1 aliphatic heterocycles. The highest BCUT2D eigenvalue weighted by Gasteiger charge is 2.32. The lowest BCUT2D eigenvalue weighted by molar-refractivity contribution is -0.384. The van der Waals surface area contributed by atoms with E-state index in [1.54, 1.807) is 24.3 Å². The summed E-state index contributed by atoms with van der Waals surface area (Å²) in [6.45, 7) is 9.24. The predicted molar refractivity (Wildman–Crippen MR) is 128 cm³/mol. The fraction of sp³-hybridized carbons (Fsp3) is 0.560. The minimum absolute atomic E-state index is 0.0892. The number of non-ortho nitro benzene ring substituents is 1. The van der Waals surface area contributed by atoms with Gasteiger partial charge in [0.2, 0.25) is 5.91 Å². The van der Waals surface area contributed by atoms with E-state index in [-0.39, 0.29) is 22.4 Å². The maximum atomic E-state index is 12.7. The van der Waals surface area contributed by atoms with E-state index in [0.29, 0.717) is 25.4 Å². The van der Waals surface area contributed by atoms with Crippen molar-refractivity contribution < 1.29 is 9.72 Å². The molecule has 0 N–H and O–H groups in total. The molecular formula is C25H33N5O3. The summed E-state index contributed by atoms with van der Waals surface area (Å²) in [6.07, 6.45) is 4.80. The van der Waals surface area contributed by atoms with Gasteiger partial charge >= 0.3 is 0 Å². The standard InChI is InChI=1S/C25H33N5O3/c1-4-17(2)23-26-18(3)22(16-19-8-10-21(11-9-19)30(32)33)24(27-23)28-12-14-29(15-13-28)25(31)20-6-5-7-20/h8-11,17,20H,4-7,12-16H2,1-3H3. The highest BCUT2D eigenvalue weighted by molar-refractivity contribution is 5.80. The van der Waals surface area contributed by atoms with Gasteiger partial charge < -0.3 is 9.80 Å². The quantitative estimate of drug-likeness (QED) is 0.462. The first-order valence-electron chi connectivity index (χ1n) is 12.0. The Bertz CT molecular complexity index is 1010. The van der Waals surface area contributed by atoms with E-state index < -0.39 is 0 Å². The molecule has 2 fully saturated rings. The van der Waals surface area contributed by atoms with E-state index in [2.05, 4.69) is 18.7 Å². The van der Waals surface area contributed by atoms with Crippen molar-refractivity contribution in [2.45, 2.75) is 58.8 Å². The maximum absolute atomic E-state index is 12.7. The first-order valence-corrected chi connectivity index (χ1v) is 12.0. The number of anilines is 1. The van der Waals surface area contributed by atoms with Gasteiger partial charge in [0.15, 0.2) is 0 Å². The van der Waals surface area contributed by atoms with Crippen LogP contribution >= 0.6 is 0 Å². The molecule has 0 spiro atoms. The summed E-state index contributed by atoms with van der Waals surface area (Å²) in [5.41, 5.74) is 3.08. The smallest absolute Gasteiger partial charge is 0.269 e. The SMILES string of the molecule is CCC(C)c1nc(C)c(Cc2ccc([N+](=O)[O-])cc2)c(N2CCN(C(=O)C3CCC3)CC2)n1. The Morgan fingerprint density at radius 2 is 1.82 bits per heavy atom. The second-order valence-corrected chi connectivity index (χ2v) is 9.32. The topological polar surface area (TPSA) is 92.5 Å². The molecule has 8 nitrogen and oxygen atoms in total. The summed E-state index contributed by atoms with van der Waals surface area (Å²) < 4.78 is 0. The molecule has 0 radical (unpaired) electrons. The number of aromatic nitrogens is 2. The molecular weight excluding hydrogens is 418 g/mol. The Balaban J connectivity index is 1.58. The lowest BCUT2D eigenvalue weighted by atomic mass is 9.84. The average Bonchev–Trinajstić information content (AvgIpc) is 2.79. The summed E-state index contributed by atoms with van der Waals surface area (Å²) in [6, 6.07) is 6.70. The summed E-state index contributed by atoms with van der Waals surface area (Å²) in [4.78, 5) is 37.4.